The van der Waals surface area contributed by atoms with E-state index in [0.717, 1.165) is 36.8 Å². The van der Waals surface area contributed by atoms with Gasteiger partial charge in [0.15, 0.2) is 11.6 Å². The Morgan fingerprint density at radius 2 is 1.68 bits per heavy atom. The summed E-state index contributed by atoms with van der Waals surface area (Å²) >= 11 is 0. The van der Waals surface area contributed by atoms with Gasteiger partial charge in [-0.05, 0) is 73.1 Å². The summed E-state index contributed by atoms with van der Waals surface area (Å²) in [6, 6.07) is 15.2. The molecule has 1 aliphatic rings. The van der Waals surface area contributed by atoms with E-state index in [2.05, 4.69) is 6.58 Å². The summed E-state index contributed by atoms with van der Waals surface area (Å²) in [5, 5.41) is 0. The number of hydrogen-bond acceptors (Lipinski definition) is 2. The van der Waals surface area contributed by atoms with Gasteiger partial charge in [-0.1, -0.05) is 42.5 Å². The minimum Gasteiger partial charge on any atom is -0.491 e. The number of hydrogen-bond donors (Lipinski definition) is 0. The van der Waals surface area contributed by atoms with E-state index in [1.54, 1.807) is 31.2 Å². The minimum absolute atomic E-state index is 0.0499. The lowest BCUT2D eigenvalue weighted by atomic mass is 9.89. The standard InChI is InChI=1S/C29H29F3O2/c1-3-5-6-23-13-11-22(18-34-23)24-14-12-21(17-26(24)30)19-7-9-20(10-8-19)25-15-16-27(33-4-2)29(32)28(25)31/h3,7-10,12,14-17,22-23H,1,4-6,11,13,18H2,2H3. The number of allylic oxidation sites excluding steroid dienone is 1. The molecule has 2 unspecified atom stereocenters. The van der Waals surface area contributed by atoms with E-state index in [1.165, 1.54) is 18.2 Å². The maximum atomic E-state index is 15.0. The molecule has 0 saturated carbocycles. The van der Waals surface area contributed by atoms with Crippen LogP contribution in [0.15, 0.2) is 67.3 Å². The zero-order chi connectivity index (χ0) is 24.1. The summed E-state index contributed by atoms with van der Waals surface area (Å²) < 4.78 is 54.8. The Balaban J connectivity index is 1.48. The Kier molecular flexibility index (Phi) is 7.73. The smallest absolute Gasteiger partial charge is 0.201 e. The molecule has 0 aliphatic carbocycles. The van der Waals surface area contributed by atoms with Crippen molar-refractivity contribution in [1.29, 1.82) is 0 Å². The number of benzene rings is 3. The molecule has 5 heteroatoms. The molecular weight excluding hydrogens is 437 g/mol. The second-order valence-corrected chi connectivity index (χ2v) is 8.58. The lowest BCUT2D eigenvalue weighted by molar-refractivity contribution is -0.000784. The van der Waals surface area contributed by atoms with Crippen molar-refractivity contribution in [2.24, 2.45) is 0 Å². The van der Waals surface area contributed by atoms with E-state index < -0.39 is 11.6 Å². The second-order valence-electron chi connectivity index (χ2n) is 8.58. The third-order valence-corrected chi connectivity index (χ3v) is 6.38. The molecule has 4 rings (SSSR count). The maximum absolute atomic E-state index is 15.0. The SMILES string of the molecule is C=CCCC1CCC(c2ccc(-c3ccc(-c4ccc(OCC)c(F)c4F)cc3)cc2F)CO1. The van der Waals surface area contributed by atoms with Gasteiger partial charge in [0.1, 0.15) is 5.82 Å². The van der Waals surface area contributed by atoms with Crippen molar-refractivity contribution in [3.05, 3.63) is 90.3 Å². The first-order valence-corrected chi connectivity index (χ1v) is 11.7. The molecule has 0 aromatic heterocycles. The van der Waals surface area contributed by atoms with Crippen LogP contribution in [0.2, 0.25) is 0 Å². The van der Waals surface area contributed by atoms with Gasteiger partial charge in [-0.15, -0.1) is 6.58 Å². The Bertz CT molecular complexity index is 1130. The van der Waals surface area contributed by atoms with Crippen LogP contribution >= 0.6 is 0 Å². The molecular formula is C29H29F3O2. The van der Waals surface area contributed by atoms with Gasteiger partial charge in [0, 0.05) is 11.5 Å². The van der Waals surface area contributed by atoms with Crippen LogP contribution in [-0.2, 0) is 4.74 Å². The van der Waals surface area contributed by atoms with E-state index in [-0.39, 0.29) is 35.8 Å². The maximum Gasteiger partial charge on any atom is 0.201 e. The Labute approximate surface area is 199 Å². The average Bonchev–Trinajstić information content (AvgIpc) is 2.86. The first-order valence-electron chi connectivity index (χ1n) is 11.7. The molecule has 0 radical (unpaired) electrons. The molecule has 1 aliphatic heterocycles. The number of halogens is 3. The highest BCUT2D eigenvalue weighted by Crippen LogP contribution is 2.34. The van der Waals surface area contributed by atoms with Crippen molar-refractivity contribution >= 4 is 0 Å². The molecule has 34 heavy (non-hydrogen) atoms. The number of rotatable bonds is 8. The Hall–Kier alpha value is -3.05. The summed E-state index contributed by atoms with van der Waals surface area (Å²) in [7, 11) is 0. The van der Waals surface area contributed by atoms with Crippen molar-refractivity contribution in [2.45, 2.75) is 44.6 Å². The fourth-order valence-electron chi connectivity index (χ4n) is 4.48. The van der Waals surface area contributed by atoms with E-state index in [1.807, 2.05) is 18.2 Å². The predicted octanol–water partition coefficient (Wildman–Crippen LogP) is 8.07. The zero-order valence-electron chi connectivity index (χ0n) is 19.3. The second kappa shape index (κ2) is 10.9. The molecule has 2 atom stereocenters. The van der Waals surface area contributed by atoms with E-state index in [4.69, 9.17) is 9.47 Å². The molecule has 3 aromatic carbocycles. The Morgan fingerprint density at radius 3 is 2.32 bits per heavy atom. The lowest BCUT2D eigenvalue weighted by Crippen LogP contribution is -2.25. The molecule has 2 nitrogen and oxygen atoms in total. The van der Waals surface area contributed by atoms with Gasteiger partial charge in [0.25, 0.3) is 0 Å². The fraction of sp³-hybridized carbons (Fsp3) is 0.310. The monoisotopic (exact) mass is 466 g/mol. The van der Waals surface area contributed by atoms with Gasteiger partial charge in [0.2, 0.25) is 5.82 Å². The highest BCUT2D eigenvalue weighted by molar-refractivity contribution is 5.71. The fourth-order valence-corrected chi connectivity index (χ4v) is 4.48. The molecule has 0 bridgehead atoms. The van der Waals surface area contributed by atoms with Crippen LogP contribution in [0, 0.1) is 17.5 Å². The van der Waals surface area contributed by atoms with E-state index in [9.17, 15) is 13.2 Å². The van der Waals surface area contributed by atoms with Gasteiger partial charge in [-0.25, -0.2) is 8.78 Å². The Morgan fingerprint density at radius 1 is 0.941 bits per heavy atom. The highest BCUT2D eigenvalue weighted by Gasteiger charge is 2.24. The normalized spacial score (nSPS) is 18.0. The first kappa shape index (κ1) is 24.1. The van der Waals surface area contributed by atoms with Gasteiger partial charge >= 0.3 is 0 Å². The quantitative estimate of drug-likeness (QED) is 0.313. The van der Waals surface area contributed by atoms with Gasteiger partial charge in [0.05, 0.1) is 19.3 Å². The van der Waals surface area contributed by atoms with E-state index in [0.29, 0.717) is 17.7 Å². The number of ether oxygens (including phenoxy) is 2. The molecule has 0 N–H and O–H groups in total. The van der Waals surface area contributed by atoms with Crippen molar-refractivity contribution in [3.63, 3.8) is 0 Å². The highest BCUT2D eigenvalue weighted by atomic mass is 19.2. The van der Waals surface area contributed by atoms with Crippen LogP contribution in [0.5, 0.6) is 5.75 Å². The molecule has 1 fully saturated rings. The topological polar surface area (TPSA) is 18.5 Å². The molecule has 178 valence electrons. The third-order valence-electron chi connectivity index (χ3n) is 6.38. The molecule has 0 spiro atoms. The van der Waals surface area contributed by atoms with Crippen LogP contribution in [-0.4, -0.2) is 19.3 Å². The molecule has 1 saturated heterocycles. The summed E-state index contributed by atoms with van der Waals surface area (Å²) in [6.07, 6.45) is 5.83. The van der Waals surface area contributed by atoms with Crippen LogP contribution in [0.3, 0.4) is 0 Å². The van der Waals surface area contributed by atoms with Crippen LogP contribution < -0.4 is 4.74 Å². The lowest BCUT2D eigenvalue weighted by Gasteiger charge is -2.29. The van der Waals surface area contributed by atoms with Crippen molar-refractivity contribution in [2.75, 3.05) is 13.2 Å². The molecule has 3 aromatic rings. The summed E-state index contributed by atoms with van der Waals surface area (Å²) in [5.41, 5.74) is 2.88. The van der Waals surface area contributed by atoms with Crippen LogP contribution in [0.25, 0.3) is 22.3 Å². The zero-order valence-corrected chi connectivity index (χ0v) is 19.3. The van der Waals surface area contributed by atoms with Crippen molar-refractivity contribution in [1.82, 2.24) is 0 Å². The predicted molar refractivity (Wildman–Crippen MR) is 130 cm³/mol. The minimum atomic E-state index is -1.00. The summed E-state index contributed by atoms with van der Waals surface area (Å²) in [6.45, 7) is 6.24. The van der Waals surface area contributed by atoms with Crippen LogP contribution in [0.1, 0.15) is 44.1 Å². The molecule has 0 amide bonds. The van der Waals surface area contributed by atoms with E-state index >= 15 is 0 Å². The molecule has 1 heterocycles. The largest absolute Gasteiger partial charge is 0.491 e. The van der Waals surface area contributed by atoms with Gasteiger partial charge in [-0.3, -0.25) is 0 Å². The van der Waals surface area contributed by atoms with Gasteiger partial charge in [-0.2, -0.15) is 4.39 Å². The summed E-state index contributed by atoms with van der Waals surface area (Å²) in [4.78, 5) is 0. The van der Waals surface area contributed by atoms with Crippen molar-refractivity contribution in [3.8, 4) is 28.0 Å². The van der Waals surface area contributed by atoms with Crippen LogP contribution in [0.4, 0.5) is 13.2 Å². The van der Waals surface area contributed by atoms with Crippen molar-refractivity contribution < 1.29 is 22.6 Å². The first-order chi connectivity index (χ1) is 16.5. The van der Waals surface area contributed by atoms with Gasteiger partial charge < -0.3 is 9.47 Å². The summed E-state index contributed by atoms with van der Waals surface area (Å²) in [5.74, 6) is -2.25. The third kappa shape index (κ3) is 5.20. The average molecular weight is 467 g/mol.